The van der Waals surface area contributed by atoms with Gasteiger partial charge in [-0.25, -0.2) is 0 Å². The van der Waals surface area contributed by atoms with Crippen LogP contribution in [-0.4, -0.2) is 8.07 Å². The molecular weight excluding hydrogens is 280 g/mol. The molecule has 0 aromatic heterocycles. The molecule has 2 atom stereocenters. The summed E-state index contributed by atoms with van der Waals surface area (Å²) < 4.78 is 0. The van der Waals surface area contributed by atoms with Crippen molar-refractivity contribution in [1.82, 2.24) is 0 Å². The maximum absolute atomic E-state index is 2.60. The first-order chi connectivity index (χ1) is 10.1. The van der Waals surface area contributed by atoms with Crippen molar-refractivity contribution in [3.63, 3.8) is 0 Å². The van der Waals surface area contributed by atoms with Crippen LogP contribution >= 0.6 is 0 Å². The van der Waals surface area contributed by atoms with Gasteiger partial charge in [-0.05, 0) is 67.3 Å². The Morgan fingerprint density at radius 1 is 0.909 bits per heavy atom. The zero-order valence-electron chi connectivity index (χ0n) is 16.0. The number of rotatable bonds is 4. The molecule has 0 aromatic carbocycles. The molecule has 0 heterocycles. The average Bonchev–Trinajstić information content (AvgIpc) is 3.00. The molecule has 0 saturated carbocycles. The van der Waals surface area contributed by atoms with Crippen molar-refractivity contribution < 1.29 is 0 Å². The fourth-order valence-corrected chi connectivity index (χ4v) is 8.61. The summed E-state index contributed by atoms with van der Waals surface area (Å²) >= 11 is 0. The van der Waals surface area contributed by atoms with Crippen LogP contribution in [0.4, 0.5) is 0 Å². The lowest BCUT2D eigenvalue weighted by Gasteiger charge is -2.36. The highest BCUT2D eigenvalue weighted by atomic mass is 28.3. The summed E-state index contributed by atoms with van der Waals surface area (Å²) in [4.78, 5) is 0. The Balaban J connectivity index is 2.32. The van der Waals surface area contributed by atoms with Crippen LogP contribution in [0.3, 0.4) is 0 Å². The van der Waals surface area contributed by atoms with E-state index < -0.39 is 8.07 Å². The van der Waals surface area contributed by atoms with Crippen LogP contribution in [0.15, 0.2) is 46.1 Å². The summed E-state index contributed by atoms with van der Waals surface area (Å²) in [5, 5.41) is 0. The highest BCUT2D eigenvalue weighted by molar-refractivity contribution is 6.82. The molecule has 2 unspecified atom stereocenters. The molecule has 1 heteroatoms. The molecule has 0 spiro atoms. The lowest BCUT2D eigenvalue weighted by atomic mass is 9.91. The van der Waals surface area contributed by atoms with Gasteiger partial charge in [0.1, 0.15) is 0 Å². The van der Waals surface area contributed by atoms with E-state index in [0.717, 1.165) is 5.92 Å². The predicted octanol–water partition coefficient (Wildman–Crippen LogP) is 6.91. The second-order valence-corrected chi connectivity index (χ2v) is 13.3. The van der Waals surface area contributed by atoms with Gasteiger partial charge in [-0.1, -0.05) is 63.2 Å². The fraction of sp³-hybridized carbons (Fsp3) is 0.619. The zero-order valence-corrected chi connectivity index (χ0v) is 17.0. The summed E-state index contributed by atoms with van der Waals surface area (Å²) in [6.45, 7) is 21.6. The predicted molar refractivity (Wildman–Crippen MR) is 103 cm³/mol. The summed E-state index contributed by atoms with van der Waals surface area (Å²) in [7, 11) is -1.45. The van der Waals surface area contributed by atoms with Crippen molar-refractivity contribution in [1.29, 1.82) is 0 Å². The molecule has 2 rings (SSSR count). The van der Waals surface area contributed by atoms with Gasteiger partial charge in [0, 0.05) is 0 Å². The van der Waals surface area contributed by atoms with Gasteiger partial charge < -0.3 is 0 Å². The van der Waals surface area contributed by atoms with E-state index in [9.17, 15) is 0 Å². The summed E-state index contributed by atoms with van der Waals surface area (Å²) in [5.74, 6) is 1.39. The first kappa shape index (κ1) is 17.5. The molecule has 0 radical (unpaired) electrons. The second kappa shape index (κ2) is 6.00. The van der Waals surface area contributed by atoms with Gasteiger partial charge in [0.25, 0.3) is 0 Å². The normalized spacial score (nSPS) is 24.8. The SMILES string of the molecule is CC1=C(C)C([Si](C)(C)C2C=CC(C(C)C(C)C)=C2)C(C)=C1C. The van der Waals surface area contributed by atoms with Gasteiger partial charge in [-0.2, -0.15) is 0 Å². The van der Waals surface area contributed by atoms with Gasteiger partial charge in [0.2, 0.25) is 0 Å². The molecular formula is C21H34Si. The van der Waals surface area contributed by atoms with Crippen LogP contribution < -0.4 is 0 Å². The minimum Gasteiger partial charge on any atom is -0.0800 e. The third kappa shape index (κ3) is 2.73. The van der Waals surface area contributed by atoms with Gasteiger partial charge in [-0.3, -0.25) is 0 Å². The maximum Gasteiger partial charge on any atom is 0.0706 e. The lowest BCUT2D eigenvalue weighted by Crippen LogP contribution is -2.37. The highest BCUT2D eigenvalue weighted by Gasteiger charge is 2.43. The Labute approximate surface area is 139 Å². The van der Waals surface area contributed by atoms with E-state index in [1.807, 2.05) is 0 Å². The summed E-state index contributed by atoms with van der Waals surface area (Å²) in [5.41, 5.74) is 9.33. The van der Waals surface area contributed by atoms with E-state index >= 15 is 0 Å². The zero-order chi connectivity index (χ0) is 16.8. The quantitative estimate of drug-likeness (QED) is 0.494. The number of hydrogen-bond donors (Lipinski definition) is 0. The fourth-order valence-electron chi connectivity index (χ4n) is 4.34. The molecule has 0 fully saturated rings. The van der Waals surface area contributed by atoms with E-state index in [1.54, 1.807) is 27.9 Å². The van der Waals surface area contributed by atoms with Crippen LogP contribution in [0.5, 0.6) is 0 Å². The molecule has 122 valence electrons. The molecule has 22 heavy (non-hydrogen) atoms. The Bertz CT molecular complexity index is 557. The molecule has 2 aliphatic carbocycles. The Kier molecular flexibility index (Phi) is 4.78. The minimum absolute atomic E-state index is 0.673. The van der Waals surface area contributed by atoms with E-state index in [-0.39, 0.29) is 0 Å². The third-order valence-corrected chi connectivity index (χ3v) is 11.0. The molecule has 0 N–H and O–H groups in total. The Morgan fingerprint density at radius 3 is 1.86 bits per heavy atom. The Hall–Kier alpha value is -0.823. The molecule has 2 aliphatic rings. The Morgan fingerprint density at radius 2 is 1.41 bits per heavy atom. The first-order valence-corrected chi connectivity index (χ1v) is 12.0. The molecule has 0 bridgehead atoms. The highest BCUT2D eigenvalue weighted by Crippen LogP contribution is 2.52. The van der Waals surface area contributed by atoms with E-state index in [2.05, 4.69) is 79.8 Å². The minimum atomic E-state index is -1.45. The lowest BCUT2D eigenvalue weighted by molar-refractivity contribution is 0.488. The van der Waals surface area contributed by atoms with Crippen LogP contribution in [0, 0.1) is 11.8 Å². The van der Waals surface area contributed by atoms with Crippen LogP contribution in [0.1, 0.15) is 48.5 Å². The molecule has 0 saturated heterocycles. The van der Waals surface area contributed by atoms with E-state index in [0.29, 0.717) is 17.0 Å². The van der Waals surface area contributed by atoms with Crippen LogP contribution in [-0.2, 0) is 0 Å². The number of hydrogen-bond acceptors (Lipinski definition) is 0. The van der Waals surface area contributed by atoms with Gasteiger partial charge in [0.05, 0.1) is 8.07 Å². The molecule has 0 aliphatic heterocycles. The van der Waals surface area contributed by atoms with Crippen LogP contribution in [0.25, 0.3) is 0 Å². The molecule has 0 amide bonds. The monoisotopic (exact) mass is 314 g/mol. The van der Waals surface area contributed by atoms with Crippen molar-refractivity contribution in [2.24, 2.45) is 11.8 Å². The van der Waals surface area contributed by atoms with Crippen molar-refractivity contribution >= 4 is 8.07 Å². The molecule has 0 aromatic rings. The first-order valence-electron chi connectivity index (χ1n) is 8.84. The standard InChI is InChI=1S/C21H34Si/c1-13(2)14(3)19-10-11-20(12-19)22(8,9)21-17(6)15(4)16(5)18(21)7/h10-14,20-21H,1-9H3. The second-order valence-electron chi connectivity index (χ2n) is 8.45. The van der Waals surface area contributed by atoms with Crippen molar-refractivity contribution in [3.8, 4) is 0 Å². The van der Waals surface area contributed by atoms with Crippen molar-refractivity contribution in [2.75, 3.05) is 0 Å². The van der Waals surface area contributed by atoms with Crippen molar-refractivity contribution in [2.45, 2.75) is 72.6 Å². The largest absolute Gasteiger partial charge is 0.0800 e. The summed E-state index contributed by atoms with van der Waals surface area (Å²) in [6.07, 6.45) is 7.52. The maximum atomic E-state index is 2.60. The summed E-state index contributed by atoms with van der Waals surface area (Å²) in [6, 6.07) is 0. The van der Waals surface area contributed by atoms with E-state index in [1.165, 1.54) is 0 Å². The number of allylic oxidation sites excluding steroid dienone is 8. The topological polar surface area (TPSA) is 0 Å². The van der Waals surface area contributed by atoms with Crippen molar-refractivity contribution in [3.05, 3.63) is 46.1 Å². The van der Waals surface area contributed by atoms with Gasteiger partial charge in [0.15, 0.2) is 0 Å². The molecule has 0 nitrogen and oxygen atoms in total. The average molecular weight is 315 g/mol. The van der Waals surface area contributed by atoms with Gasteiger partial charge in [-0.15, -0.1) is 0 Å². The van der Waals surface area contributed by atoms with Gasteiger partial charge >= 0.3 is 0 Å². The van der Waals surface area contributed by atoms with Crippen LogP contribution in [0.2, 0.25) is 24.2 Å². The smallest absolute Gasteiger partial charge is 0.0706 e. The third-order valence-electron chi connectivity index (χ3n) is 6.61. The van der Waals surface area contributed by atoms with E-state index in [4.69, 9.17) is 0 Å².